The van der Waals surface area contributed by atoms with Crippen molar-refractivity contribution in [2.75, 3.05) is 6.54 Å². The van der Waals surface area contributed by atoms with Gasteiger partial charge in [-0.05, 0) is 31.5 Å². The first-order valence-electron chi connectivity index (χ1n) is 6.17. The van der Waals surface area contributed by atoms with Gasteiger partial charge in [-0.1, -0.05) is 13.8 Å². The zero-order valence-electron chi connectivity index (χ0n) is 10.4. The Bertz CT molecular complexity index is 459. The molecule has 3 nitrogen and oxygen atoms in total. The fourth-order valence-corrected chi connectivity index (χ4v) is 2.59. The molecule has 0 saturated carbocycles. The SMILES string of the molecule is CCCNCc1ncc(-c2ccc(CC)s2)[nH]1. The van der Waals surface area contributed by atoms with Crippen molar-refractivity contribution in [2.45, 2.75) is 33.2 Å². The fourth-order valence-electron chi connectivity index (χ4n) is 1.67. The van der Waals surface area contributed by atoms with Gasteiger partial charge >= 0.3 is 0 Å². The lowest BCUT2D eigenvalue weighted by Crippen LogP contribution is -2.14. The monoisotopic (exact) mass is 249 g/mol. The fraction of sp³-hybridized carbons (Fsp3) is 0.462. The molecular formula is C13H19N3S. The van der Waals surface area contributed by atoms with Crippen molar-refractivity contribution in [3.8, 4) is 10.6 Å². The summed E-state index contributed by atoms with van der Waals surface area (Å²) in [4.78, 5) is 10.4. The van der Waals surface area contributed by atoms with Crippen molar-refractivity contribution in [2.24, 2.45) is 0 Å². The summed E-state index contributed by atoms with van der Waals surface area (Å²) in [5, 5.41) is 3.34. The lowest BCUT2D eigenvalue weighted by molar-refractivity contribution is 0.655. The van der Waals surface area contributed by atoms with Crippen molar-refractivity contribution in [1.82, 2.24) is 15.3 Å². The third-order valence-electron chi connectivity index (χ3n) is 2.62. The highest BCUT2D eigenvalue weighted by Crippen LogP contribution is 2.26. The lowest BCUT2D eigenvalue weighted by Gasteiger charge is -1.98. The van der Waals surface area contributed by atoms with E-state index < -0.39 is 0 Å². The topological polar surface area (TPSA) is 40.7 Å². The Balaban J connectivity index is 2.02. The Kier molecular flexibility index (Phi) is 4.34. The van der Waals surface area contributed by atoms with Crippen LogP contribution in [0.4, 0.5) is 0 Å². The van der Waals surface area contributed by atoms with Crippen LogP contribution in [0.2, 0.25) is 0 Å². The Labute approximate surface area is 106 Å². The van der Waals surface area contributed by atoms with Crippen molar-refractivity contribution in [1.29, 1.82) is 0 Å². The number of H-pyrrole nitrogens is 1. The second kappa shape index (κ2) is 5.98. The second-order valence-electron chi connectivity index (χ2n) is 4.04. The summed E-state index contributed by atoms with van der Waals surface area (Å²) in [6.07, 6.45) is 4.18. The molecular weight excluding hydrogens is 230 g/mol. The van der Waals surface area contributed by atoms with Crippen LogP contribution in [-0.4, -0.2) is 16.5 Å². The largest absolute Gasteiger partial charge is 0.340 e. The average molecular weight is 249 g/mol. The first-order chi connectivity index (χ1) is 8.33. The molecule has 2 heterocycles. The third kappa shape index (κ3) is 3.17. The van der Waals surface area contributed by atoms with E-state index in [1.165, 1.54) is 9.75 Å². The first kappa shape index (κ1) is 12.3. The first-order valence-corrected chi connectivity index (χ1v) is 6.98. The lowest BCUT2D eigenvalue weighted by atomic mass is 10.3. The highest BCUT2D eigenvalue weighted by molar-refractivity contribution is 7.15. The van der Waals surface area contributed by atoms with Gasteiger partial charge in [0.25, 0.3) is 0 Å². The van der Waals surface area contributed by atoms with Gasteiger partial charge in [-0.2, -0.15) is 0 Å². The van der Waals surface area contributed by atoms with Crippen LogP contribution in [0.3, 0.4) is 0 Å². The molecule has 2 aromatic rings. The van der Waals surface area contributed by atoms with E-state index in [0.717, 1.165) is 37.4 Å². The maximum Gasteiger partial charge on any atom is 0.120 e. The molecule has 0 aliphatic rings. The summed E-state index contributed by atoms with van der Waals surface area (Å²) in [5.74, 6) is 1.01. The molecule has 92 valence electrons. The predicted molar refractivity (Wildman–Crippen MR) is 73.3 cm³/mol. The van der Waals surface area contributed by atoms with Gasteiger partial charge < -0.3 is 10.3 Å². The van der Waals surface area contributed by atoms with E-state index in [9.17, 15) is 0 Å². The molecule has 2 rings (SSSR count). The molecule has 0 aliphatic carbocycles. The van der Waals surface area contributed by atoms with Crippen molar-refractivity contribution >= 4 is 11.3 Å². The van der Waals surface area contributed by atoms with Crippen LogP contribution in [0.5, 0.6) is 0 Å². The Morgan fingerprint density at radius 1 is 1.35 bits per heavy atom. The van der Waals surface area contributed by atoms with Crippen LogP contribution in [0, 0.1) is 0 Å². The number of imidazole rings is 1. The molecule has 0 saturated heterocycles. The van der Waals surface area contributed by atoms with Gasteiger partial charge in [0.1, 0.15) is 5.82 Å². The van der Waals surface area contributed by atoms with Crippen molar-refractivity contribution in [3.63, 3.8) is 0 Å². The van der Waals surface area contributed by atoms with E-state index in [1.54, 1.807) is 0 Å². The van der Waals surface area contributed by atoms with Crippen LogP contribution >= 0.6 is 11.3 Å². The molecule has 0 spiro atoms. The molecule has 2 N–H and O–H groups in total. The molecule has 4 heteroatoms. The van der Waals surface area contributed by atoms with Crippen LogP contribution in [-0.2, 0) is 13.0 Å². The van der Waals surface area contributed by atoms with Crippen LogP contribution in [0.1, 0.15) is 31.0 Å². The molecule has 0 unspecified atom stereocenters. The number of aromatic nitrogens is 2. The van der Waals surface area contributed by atoms with E-state index in [0.29, 0.717) is 0 Å². The number of nitrogens with zero attached hydrogens (tertiary/aromatic N) is 1. The third-order valence-corrected chi connectivity index (χ3v) is 3.89. The van der Waals surface area contributed by atoms with E-state index in [2.05, 4.69) is 41.3 Å². The van der Waals surface area contributed by atoms with Crippen LogP contribution in [0.15, 0.2) is 18.3 Å². The van der Waals surface area contributed by atoms with Gasteiger partial charge in [0, 0.05) is 4.88 Å². The molecule has 0 amide bonds. The van der Waals surface area contributed by atoms with Crippen molar-refractivity contribution in [3.05, 3.63) is 29.0 Å². The Morgan fingerprint density at radius 3 is 2.94 bits per heavy atom. The maximum absolute atomic E-state index is 4.39. The van der Waals surface area contributed by atoms with Gasteiger partial charge in [0.15, 0.2) is 0 Å². The zero-order valence-corrected chi connectivity index (χ0v) is 11.2. The van der Waals surface area contributed by atoms with E-state index >= 15 is 0 Å². The molecule has 17 heavy (non-hydrogen) atoms. The highest BCUT2D eigenvalue weighted by Gasteiger charge is 2.05. The van der Waals surface area contributed by atoms with E-state index in [4.69, 9.17) is 0 Å². The van der Waals surface area contributed by atoms with Crippen molar-refractivity contribution < 1.29 is 0 Å². The predicted octanol–water partition coefficient (Wildman–Crippen LogP) is 3.20. The van der Waals surface area contributed by atoms with Gasteiger partial charge in [-0.3, -0.25) is 0 Å². The quantitative estimate of drug-likeness (QED) is 0.772. The summed E-state index contributed by atoms with van der Waals surface area (Å²) >= 11 is 1.84. The summed E-state index contributed by atoms with van der Waals surface area (Å²) in [6, 6.07) is 4.36. The number of aromatic amines is 1. The molecule has 0 bridgehead atoms. The minimum atomic E-state index is 0.819. The minimum Gasteiger partial charge on any atom is -0.340 e. The number of thiophene rings is 1. The summed E-state index contributed by atoms with van der Waals surface area (Å²) in [5.41, 5.74) is 1.13. The molecule has 2 aromatic heterocycles. The van der Waals surface area contributed by atoms with Crippen LogP contribution in [0.25, 0.3) is 10.6 Å². The number of rotatable bonds is 6. The number of hydrogen-bond donors (Lipinski definition) is 2. The van der Waals surface area contributed by atoms with Gasteiger partial charge in [-0.15, -0.1) is 11.3 Å². The minimum absolute atomic E-state index is 0.819. The highest BCUT2D eigenvalue weighted by atomic mass is 32.1. The van der Waals surface area contributed by atoms with Gasteiger partial charge in [-0.25, -0.2) is 4.98 Å². The molecule has 0 aromatic carbocycles. The number of hydrogen-bond acceptors (Lipinski definition) is 3. The molecule has 0 aliphatic heterocycles. The normalized spacial score (nSPS) is 10.9. The number of nitrogens with one attached hydrogen (secondary N) is 2. The summed E-state index contributed by atoms with van der Waals surface area (Å²) < 4.78 is 0. The van der Waals surface area contributed by atoms with Crippen LogP contribution < -0.4 is 5.32 Å². The Hall–Kier alpha value is -1.13. The maximum atomic E-state index is 4.39. The van der Waals surface area contributed by atoms with E-state index in [-0.39, 0.29) is 0 Å². The molecule has 0 atom stereocenters. The average Bonchev–Trinajstić information content (AvgIpc) is 2.97. The standard InChI is InChI=1S/C13H19N3S/c1-3-7-14-9-13-15-8-11(16-13)12-6-5-10(4-2)17-12/h5-6,8,14H,3-4,7,9H2,1-2H3,(H,15,16). The molecule has 0 fully saturated rings. The summed E-state index contributed by atoms with van der Waals surface area (Å²) in [7, 11) is 0. The van der Waals surface area contributed by atoms with E-state index in [1.807, 2.05) is 17.5 Å². The second-order valence-corrected chi connectivity index (χ2v) is 5.21. The Morgan fingerprint density at radius 2 is 2.24 bits per heavy atom. The van der Waals surface area contributed by atoms with Gasteiger partial charge in [0.2, 0.25) is 0 Å². The smallest absolute Gasteiger partial charge is 0.120 e. The van der Waals surface area contributed by atoms with Gasteiger partial charge in [0.05, 0.1) is 23.3 Å². The zero-order chi connectivity index (χ0) is 12.1. The summed E-state index contributed by atoms with van der Waals surface area (Å²) in [6.45, 7) is 6.20. The molecule has 0 radical (unpaired) electrons. The number of aryl methyl sites for hydroxylation is 1.